The SMILES string of the molecule is C.C.C.CC1(C)OB(B2OC(C)(C)C(C)(C)O2)OC1(C)C.CCOC(=O)CC1CC=C(B2OC(C)(C)C(C)(C)O2)CC1.CCOC(=O)CC1CC=C(OS(=O)(=O)C(F)(F)F)CC1.CCOC(=O)CC1CC=C(c2ccnc3ccc(F)cc23)CC1.CCOC(=O)CC1CCC(=O)CC1.Fc1ccc2nccc(Br)c2c1.O=S(=O)(OS(=O)(=O)C(F)(F)F)C(F)(F)F. The maximum atomic E-state index is 13.6. The second-order valence-corrected chi connectivity index (χ2v) is 38.0. The lowest BCUT2D eigenvalue weighted by Gasteiger charge is -2.32. The Balaban J connectivity index is 0.000000497. The Morgan fingerprint density at radius 1 is 0.448 bits per heavy atom. The Morgan fingerprint density at radius 3 is 1.14 bits per heavy atom. The number of hydrogen-bond acceptors (Lipinski definition) is 25. The summed E-state index contributed by atoms with van der Waals surface area (Å²) in [4.78, 5) is 64.7. The van der Waals surface area contributed by atoms with Gasteiger partial charge in [0.2, 0.25) is 0 Å². The Hall–Kier alpha value is -6.70. The van der Waals surface area contributed by atoms with Gasteiger partial charge in [0.1, 0.15) is 23.2 Å². The molecule has 0 bridgehead atoms. The van der Waals surface area contributed by atoms with Gasteiger partial charge >= 0.3 is 91.9 Å². The fourth-order valence-corrected chi connectivity index (χ4v) is 15.2. The number of Topliss-reactive ketones (excluding diaryl/α,β-unsaturated/α-hetero) is 1. The van der Waals surface area contributed by atoms with Crippen LogP contribution in [0.4, 0.5) is 48.3 Å². The summed E-state index contributed by atoms with van der Waals surface area (Å²) in [5, 5.41) is 1.65. The third kappa shape index (κ3) is 34.0. The number of alkyl halides is 9. The Morgan fingerprint density at radius 2 is 0.784 bits per heavy atom. The van der Waals surface area contributed by atoms with Crippen LogP contribution < -0.4 is 0 Å². The molecule has 4 fully saturated rings. The van der Waals surface area contributed by atoms with Crippen molar-refractivity contribution >= 4 is 124 Å². The normalized spacial score (nSPS) is 20.5. The van der Waals surface area contributed by atoms with Gasteiger partial charge in [-0.3, -0.25) is 33.9 Å². The van der Waals surface area contributed by atoms with E-state index in [-0.39, 0.29) is 136 Å². The quantitative estimate of drug-likeness (QED) is 0.0210. The number of pyridine rings is 2. The summed E-state index contributed by atoms with van der Waals surface area (Å²) in [5.41, 5.74) is -14.9. The summed E-state index contributed by atoms with van der Waals surface area (Å²) in [5.74, 6) is -0.0764. The van der Waals surface area contributed by atoms with Gasteiger partial charge < -0.3 is 51.1 Å². The molecule has 4 aromatic rings. The lowest BCUT2D eigenvalue weighted by molar-refractivity contribution is -0.145. The first-order valence-electron chi connectivity index (χ1n) is 39.5. The molecule has 2 aromatic carbocycles. The fourth-order valence-electron chi connectivity index (χ4n) is 12.6. The maximum Gasteiger partial charge on any atom is 0.534 e. The van der Waals surface area contributed by atoms with Crippen LogP contribution in [0.5, 0.6) is 0 Å². The highest BCUT2D eigenvalue weighted by Gasteiger charge is 2.64. The highest BCUT2D eigenvalue weighted by Crippen LogP contribution is 2.45. The smallest absolute Gasteiger partial charge is 0.466 e. The number of allylic oxidation sites excluding steroid dienone is 6. The number of halogens is 12. The van der Waals surface area contributed by atoms with E-state index in [1.54, 1.807) is 43.6 Å². The molecule has 3 unspecified atom stereocenters. The first-order valence-corrected chi connectivity index (χ1v) is 44.5. The Kier molecular flexibility index (Phi) is 43.7. The first-order chi connectivity index (χ1) is 56.2. The number of ketones is 1. The van der Waals surface area contributed by atoms with Gasteiger partial charge in [-0.1, -0.05) is 50.4 Å². The lowest BCUT2D eigenvalue weighted by Crippen LogP contribution is -2.41. The molecule has 3 aliphatic heterocycles. The second-order valence-electron chi connectivity index (χ2n) is 32.3. The van der Waals surface area contributed by atoms with Gasteiger partial charge in [0.05, 0.1) is 71.1 Å². The minimum Gasteiger partial charge on any atom is -0.466 e. The first kappa shape index (κ1) is 114. The predicted molar refractivity (Wildman–Crippen MR) is 455 cm³/mol. The van der Waals surface area contributed by atoms with Crippen molar-refractivity contribution in [2.75, 3.05) is 26.4 Å². The molecule has 706 valence electrons. The minimum absolute atomic E-state index is 0. The molecule has 125 heavy (non-hydrogen) atoms. The van der Waals surface area contributed by atoms with Crippen LogP contribution in [-0.2, 0) is 109 Å². The Bertz CT molecular complexity index is 4570. The number of nitrogens with zero attached hydrogens (tertiary/aromatic N) is 2. The molecule has 0 amide bonds. The zero-order valence-corrected chi connectivity index (χ0v) is 75.0. The average Bonchev–Trinajstić information content (AvgIpc) is 1.58. The zero-order valence-electron chi connectivity index (χ0n) is 70.9. The topological polar surface area (TPSA) is 324 Å². The number of esters is 4. The van der Waals surface area contributed by atoms with Crippen molar-refractivity contribution < 1.29 is 152 Å². The third-order valence-corrected chi connectivity index (χ3v) is 25.8. The summed E-state index contributed by atoms with van der Waals surface area (Å²) in [6, 6.07) is 13.0. The van der Waals surface area contributed by atoms with E-state index in [9.17, 15) is 97.5 Å². The highest BCUT2D eigenvalue weighted by atomic mass is 79.9. The molecule has 0 N–H and O–H groups in total. The molecular weight excluding hydrogens is 1800 g/mol. The highest BCUT2D eigenvalue weighted by molar-refractivity contribution is 9.10. The average molecular weight is 1920 g/mol. The fraction of sp³-hybridized carbons (Fsp3) is 0.646. The van der Waals surface area contributed by atoms with E-state index >= 15 is 0 Å². The van der Waals surface area contributed by atoms with E-state index in [4.69, 9.17) is 46.9 Å². The van der Waals surface area contributed by atoms with Gasteiger partial charge in [-0.25, -0.2) is 8.78 Å². The number of carbonyl (C=O) groups is 5. The van der Waals surface area contributed by atoms with Crippen LogP contribution >= 0.6 is 15.9 Å². The van der Waals surface area contributed by atoms with E-state index < -0.39 is 60.9 Å². The van der Waals surface area contributed by atoms with Crippen molar-refractivity contribution in [2.45, 2.75) is 292 Å². The van der Waals surface area contributed by atoms with Crippen molar-refractivity contribution in [3.05, 3.63) is 112 Å². The van der Waals surface area contributed by atoms with Crippen LogP contribution in [0.2, 0.25) is 0 Å². The van der Waals surface area contributed by atoms with E-state index in [0.717, 1.165) is 83.2 Å². The molecule has 25 nitrogen and oxygen atoms in total. The van der Waals surface area contributed by atoms with Crippen molar-refractivity contribution in [3.63, 3.8) is 0 Å². The maximum absolute atomic E-state index is 13.6. The predicted octanol–water partition coefficient (Wildman–Crippen LogP) is 20.0. The molecule has 1 saturated carbocycles. The van der Waals surface area contributed by atoms with Crippen molar-refractivity contribution in [1.29, 1.82) is 0 Å². The summed E-state index contributed by atoms with van der Waals surface area (Å²) in [7, 11) is -20.5. The van der Waals surface area contributed by atoms with Gasteiger partial charge in [0, 0.05) is 72.6 Å². The van der Waals surface area contributed by atoms with Gasteiger partial charge in [-0.05, 0) is 270 Å². The van der Waals surface area contributed by atoms with E-state index in [0.29, 0.717) is 81.9 Å². The van der Waals surface area contributed by atoms with Gasteiger partial charge in [0.25, 0.3) is 0 Å². The van der Waals surface area contributed by atoms with Gasteiger partial charge in [0.15, 0.2) is 0 Å². The molecule has 7 aliphatic rings. The van der Waals surface area contributed by atoms with Crippen LogP contribution in [0.15, 0.2) is 94.9 Å². The summed E-state index contributed by atoms with van der Waals surface area (Å²) in [6.45, 7) is 33.2. The summed E-state index contributed by atoms with van der Waals surface area (Å²) >= 11 is 3.32. The number of carbonyl (C=O) groups excluding carboxylic acids is 5. The van der Waals surface area contributed by atoms with E-state index in [2.05, 4.69) is 69.9 Å². The van der Waals surface area contributed by atoms with Crippen molar-refractivity contribution in [2.24, 2.45) is 23.7 Å². The molecule has 3 saturated heterocycles. The summed E-state index contributed by atoms with van der Waals surface area (Å²) in [6.07, 6.45) is 19.9. The van der Waals surface area contributed by atoms with Crippen molar-refractivity contribution in [1.82, 2.24) is 9.97 Å². The lowest BCUT2D eigenvalue weighted by atomic mass is 9.49. The van der Waals surface area contributed by atoms with E-state index in [1.807, 2.05) is 85.9 Å². The van der Waals surface area contributed by atoms with Gasteiger partial charge in [-0.15, -0.1) is 3.63 Å². The van der Waals surface area contributed by atoms with Crippen LogP contribution in [0.1, 0.15) is 248 Å². The van der Waals surface area contributed by atoms with Crippen LogP contribution in [0, 0.1) is 35.3 Å². The molecule has 11 rings (SSSR count). The van der Waals surface area contributed by atoms with E-state index in [1.165, 1.54) is 35.3 Å². The molecule has 5 heterocycles. The standard InChI is InChI=1S/C19H20FNO2.C16H27BO4.C12H24B2O4.C11H15F3O5S.C10H16O3.C9H5BrFN.C2F6O5S2.3CH4/c1-2-23-19(22)11-13-3-5-14(6-4-13)16-9-10-21-18-8-7-15(20)12-17(16)18;1-6-19-14(18)11-12-7-9-13(10-8-12)17-20-15(2,3)16(4,5)21-17;1-9(2)10(3,4)16-13(15-9)14-17-11(5,6)12(7,8)18-14;1-2-18-10(15)7-8-3-5-9(6-4-8)19-20(16,17)11(12,13)14;1-2-13-10(12)7-8-3-5-9(11)6-4-8;10-8-3-4-12-9-2-1-6(11)5-7(8)9;3-1(4,5)14(9,10)13-15(11,12)2(6,7)8;;;/h5,7-10,12-13H,2-4,6,11H2,1H3;9,12H,6-8,10-11H2,1-5H3;1-8H3;5,8H,2-4,6-7H2,1H3;8H,2-7H2,1H3;1-5H;;3*1H4. The molecule has 4 aliphatic carbocycles. The van der Waals surface area contributed by atoms with Gasteiger partial charge in [-0.2, -0.15) is 64.8 Å². The number of benzene rings is 2. The molecular formula is C82H119B3BrF11N2O23S3. The number of aromatic nitrogens is 2. The van der Waals surface area contributed by atoms with Crippen LogP contribution in [0.3, 0.4) is 0 Å². The number of ether oxygens (including phenoxy) is 4. The Labute approximate surface area is 737 Å². The van der Waals surface area contributed by atoms with Crippen molar-refractivity contribution in [3.8, 4) is 0 Å². The molecule has 0 radical (unpaired) electrons. The van der Waals surface area contributed by atoms with Crippen LogP contribution in [0.25, 0.3) is 27.4 Å². The molecule has 3 atom stereocenters. The summed E-state index contributed by atoms with van der Waals surface area (Å²) < 4.78 is 255. The second kappa shape index (κ2) is 47.7. The number of rotatable bonds is 19. The zero-order chi connectivity index (χ0) is 92.2. The number of hydrogen-bond donors (Lipinski definition) is 0. The largest absolute Gasteiger partial charge is 0.534 e. The minimum atomic E-state index is -6.85. The molecule has 2 aromatic heterocycles. The number of fused-ring (bicyclic) bond motifs is 2. The third-order valence-electron chi connectivity index (χ3n) is 21.5. The molecule has 43 heteroatoms. The van der Waals surface area contributed by atoms with Crippen LogP contribution in [-0.4, -0.2) is 163 Å². The molecule has 0 spiro atoms. The monoisotopic (exact) mass is 1920 g/mol.